The van der Waals surface area contributed by atoms with Crippen LogP contribution in [0.1, 0.15) is 17.5 Å². The minimum atomic E-state index is -0.594. The monoisotopic (exact) mass is 407 g/mol. The molecule has 2 radical (unpaired) electrons. The Morgan fingerprint density at radius 2 is 2.14 bits per heavy atom. The summed E-state index contributed by atoms with van der Waals surface area (Å²) in [6.45, 7) is 1.01. The molecule has 1 saturated heterocycles. The van der Waals surface area contributed by atoms with Crippen LogP contribution in [0.25, 0.3) is 0 Å². The van der Waals surface area contributed by atoms with Gasteiger partial charge in [-0.3, -0.25) is 0 Å². The summed E-state index contributed by atoms with van der Waals surface area (Å²) in [5, 5.41) is 20.6. The molecule has 116 valence electrons. The van der Waals surface area contributed by atoms with Gasteiger partial charge in [-0.05, 0) is 38.1 Å². The van der Waals surface area contributed by atoms with E-state index in [0.29, 0.717) is 17.7 Å². The summed E-state index contributed by atoms with van der Waals surface area (Å²) in [6, 6.07) is 4.23. The molecular formula is C17H21NO3Sn. The molecule has 0 aromatic heterocycles. The number of hydrogen-bond donors (Lipinski definition) is 2. The molecule has 0 saturated carbocycles. The van der Waals surface area contributed by atoms with Crippen LogP contribution in [0.2, 0.25) is 0 Å². The Bertz CT molecular complexity index is 676. The van der Waals surface area contributed by atoms with Crippen molar-refractivity contribution >= 4 is 23.9 Å². The van der Waals surface area contributed by atoms with E-state index >= 15 is 0 Å². The second-order valence-corrected chi connectivity index (χ2v) is 6.93. The Morgan fingerprint density at radius 1 is 1.32 bits per heavy atom. The number of phenols is 1. The number of hydrogen-bond acceptors (Lipinski definition) is 4. The van der Waals surface area contributed by atoms with E-state index in [2.05, 4.69) is 18.0 Å². The summed E-state index contributed by atoms with van der Waals surface area (Å²) in [7, 11) is 2.19. The van der Waals surface area contributed by atoms with Gasteiger partial charge in [0, 0.05) is 22.9 Å². The van der Waals surface area contributed by atoms with Crippen LogP contribution < -0.4 is 4.74 Å². The Balaban J connectivity index is 0.00000125. The molecule has 2 N–H and O–H groups in total. The molecule has 4 nitrogen and oxygen atoms in total. The topological polar surface area (TPSA) is 52.9 Å². The molecule has 2 bridgehead atoms. The van der Waals surface area contributed by atoms with Crippen LogP contribution >= 0.6 is 0 Å². The molecule has 0 amide bonds. The summed E-state index contributed by atoms with van der Waals surface area (Å²) in [4.78, 5) is 2.43. The van der Waals surface area contributed by atoms with Crippen LogP contribution in [-0.2, 0) is 11.8 Å². The van der Waals surface area contributed by atoms with Gasteiger partial charge in [0.25, 0.3) is 0 Å². The normalized spacial score (nSPS) is 40.6. The van der Waals surface area contributed by atoms with E-state index in [-0.39, 0.29) is 41.2 Å². The SMILES string of the molecule is CN1CC[C@]23c4c5ccc(O)c4O[C@H]2[C@@H](O)C=C[C@H]3[C@H]1C5.[SnH2]. The van der Waals surface area contributed by atoms with Crippen molar-refractivity contribution in [3.63, 3.8) is 0 Å². The first-order valence-electron chi connectivity index (χ1n) is 7.71. The standard InChI is InChI=1S/C17H19NO3.Sn.2H/c1-18-7-6-17-10-3-5-13(20)16(17)21-15-12(19)4-2-9(14(15)17)8-11(10)18;;;/h2-5,10-11,13,16,19-20H,6-8H2,1H3;;;/t10-,11+,13-,16-,17-;;;/m0.../s1. The van der Waals surface area contributed by atoms with E-state index in [1.165, 1.54) is 11.1 Å². The van der Waals surface area contributed by atoms with E-state index in [4.69, 9.17) is 4.74 Å². The van der Waals surface area contributed by atoms with Crippen LogP contribution in [0.15, 0.2) is 24.3 Å². The van der Waals surface area contributed by atoms with Crippen molar-refractivity contribution in [2.75, 3.05) is 13.6 Å². The van der Waals surface area contributed by atoms with Gasteiger partial charge in [0.15, 0.2) is 11.5 Å². The molecule has 0 unspecified atom stereocenters. The van der Waals surface area contributed by atoms with Gasteiger partial charge in [-0.1, -0.05) is 18.2 Å². The van der Waals surface area contributed by atoms with Crippen molar-refractivity contribution in [3.8, 4) is 11.5 Å². The molecule has 1 aromatic carbocycles. The predicted octanol–water partition coefficient (Wildman–Crippen LogP) is 0.282. The minimum absolute atomic E-state index is 0. The van der Waals surface area contributed by atoms with Gasteiger partial charge >= 0.3 is 23.9 Å². The van der Waals surface area contributed by atoms with Crippen molar-refractivity contribution in [1.82, 2.24) is 4.90 Å². The molecule has 1 aromatic rings. The van der Waals surface area contributed by atoms with Crippen LogP contribution in [0.3, 0.4) is 0 Å². The molecule has 5 atom stereocenters. The summed E-state index contributed by atoms with van der Waals surface area (Å²) >= 11 is 0. The number of likely N-dealkylation sites (tertiary alicyclic amines) is 1. The fourth-order valence-electron chi connectivity index (χ4n) is 5.24. The second-order valence-electron chi connectivity index (χ2n) is 6.93. The van der Waals surface area contributed by atoms with Crippen LogP contribution in [-0.4, -0.2) is 70.9 Å². The number of rotatable bonds is 0. The third kappa shape index (κ3) is 1.51. The molecule has 5 rings (SSSR count). The quantitative estimate of drug-likeness (QED) is 0.481. The van der Waals surface area contributed by atoms with Crippen molar-refractivity contribution < 1.29 is 14.9 Å². The fourth-order valence-corrected chi connectivity index (χ4v) is 5.24. The number of benzene rings is 1. The number of aromatic hydroxyl groups is 1. The summed E-state index contributed by atoms with van der Waals surface area (Å²) in [5.74, 6) is 1.19. The van der Waals surface area contributed by atoms with E-state index in [1.807, 2.05) is 12.1 Å². The molecule has 4 aliphatic rings. The molecule has 1 spiro atoms. The Labute approximate surface area is 146 Å². The van der Waals surface area contributed by atoms with E-state index in [9.17, 15) is 10.2 Å². The number of likely N-dealkylation sites (N-methyl/N-ethyl adjacent to an activating group) is 1. The van der Waals surface area contributed by atoms with E-state index in [0.717, 1.165) is 19.4 Å². The van der Waals surface area contributed by atoms with Crippen LogP contribution in [0.4, 0.5) is 0 Å². The van der Waals surface area contributed by atoms with E-state index < -0.39 is 6.10 Å². The summed E-state index contributed by atoms with van der Waals surface area (Å²) in [6.07, 6.45) is 5.18. The zero-order valence-corrected chi connectivity index (χ0v) is 16.7. The van der Waals surface area contributed by atoms with Crippen molar-refractivity contribution in [2.45, 2.75) is 36.5 Å². The molecule has 2 heterocycles. The summed E-state index contributed by atoms with van der Waals surface area (Å²) < 4.78 is 6.09. The predicted molar refractivity (Wildman–Crippen MR) is 86.1 cm³/mol. The van der Waals surface area contributed by atoms with Gasteiger partial charge in [0.1, 0.15) is 12.2 Å². The van der Waals surface area contributed by atoms with Gasteiger partial charge < -0.3 is 19.8 Å². The van der Waals surface area contributed by atoms with Gasteiger partial charge in [-0.2, -0.15) is 0 Å². The van der Waals surface area contributed by atoms with Crippen molar-refractivity contribution in [3.05, 3.63) is 35.4 Å². The van der Waals surface area contributed by atoms with Gasteiger partial charge in [-0.15, -0.1) is 0 Å². The van der Waals surface area contributed by atoms with Crippen LogP contribution in [0, 0.1) is 5.92 Å². The average molecular weight is 406 g/mol. The number of ether oxygens (including phenoxy) is 1. The number of nitrogens with zero attached hydrogens (tertiary/aromatic N) is 1. The van der Waals surface area contributed by atoms with Crippen LogP contribution in [0.5, 0.6) is 11.5 Å². The molecule has 2 aliphatic heterocycles. The summed E-state index contributed by atoms with van der Waals surface area (Å²) in [5.41, 5.74) is 2.29. The molecule has 2 aliphatic carbocycles. The first kappa shape index (κ1) is 14.8. The second kappa shape index (κ2) is 4.65. The third-order valence-corrected chi connectivity index (χ3v) is 6.15. The Kier molecular flexibility index (Phi) is 3.13. The fraction of sp³-hybridized carbons (Fsp3) is 0.529. The molecule has 5 heteroatoms. The maximum absolute atomic E-state index is 10.4. The number of piperidine rings is 1. The van der Waals surface area contributed by atoms with E-state index in [1.54, 1.807) is 6.07 Å². The zero-order chi connectivity index (χ0) is 14.4. The number of aliphatic hydroxyl groups is 1. The molecular weight excluding hydrogens is 385 g/mol. The number of phenolic OH excluding ortho intramolecular Hbond substituents is 1. The van der Waals surface area contributed by atoms with Gasteiger partial charge in [0.05, 0.1) is 0 Å². The number of aliphatic hydroxyl groups excluding tert-OH is 1. The Morgan fingerprint density at radius 3 is 2.95 bits per heavy atom. The molecule has 1 fully saturated rings. The molecule has 22 heavy (non-hydrogen) atoms. The van der Waals surface area contributed by atoms with Gasteiger partial charge in [0.2, 0.25) is 0 Å². The van der Waals surface area contributed by atoms with Crippen molar-refractivity contribution in [2.24, 2.45) is 5.92 Å². The zero-order valence-electron chi connectivity index (χ0n) is 12.7. The maximum atomic E-state index is 10.4. The van der Waals surface area contributed by atoms with Gasteiger partial charge in [-0.25, -0.2) is 0 Å². The Hall–Kier alpha value is -0.721. The third-order valence-electron chi connectivity index (χ3n) is 6.15. The van der Waals surface area contributed by atoms with Crippen molar-refractivity contribution in [1.29, 1.82) is 0 Å². The average Bonchev–Trinajstić information content (AvgIpc) is 2.83. The first-order valence-corrected chi connectivity index (χ1v) is 7.71. The first-order chi connectivity index (χ1) is 10.1.